The topological polar surface area (TPSA) is 92.1 Å². The Kier molecular flexibility index (Phi) is 7.85. The molecule has 0 radical (unpaired) electrons. The molecule has 220 valence electrons. The third-order valence-corrected chi connectivity index (χ3v) is 8.37. The fourth-order valence-electron chi connectivity index (χ4n) is 6.30. The average Bonchev–Trinajstić information content (AvgIpc) is 3.35. The number of likely N-dealkylation sites (tertiary alicyclic amines) is 2. The van der Waals surface area contributed by atoms with Crippen LogP contribution in [0.3, 0.4) is 0 Å². The predicted octanol–water partition coefficient (Wildman–Crippen LogP) is 5.89. The molecule has 2 saturated heterocycles. The molecular weight excluding hydrogens is 538 g/mol. The Morgan fingerprint density at radius 2 is 1.71 bits per heavy atom. The number of pyridine rings is 1. The number of halogens is 2. The smallest absolute Gasteiger partial charge is 0.255 e. The van der Waals surface area contributed by atoms with Gasteiger partial charge in [0.2, 0.25) is 5.95 Å². The summed E-state index contributed by atoms with van der Waals surface area (Å²) in [6.45, 7) is 9.62. The van der Waals surface area contributed by atoms with E-state index in [4.69, 9.17) is 0 Å². The zero-order valence-corrected chi connectivity index (χ0v) is 24.3. The molecule has 0 bridgehead atoms. The van der Waals surface area contributed by atoms with E-state index < -0.39 is 11.6 Å². The van der Waals surface area contributed by atoms with Gasteiger partial charge in [-0.05, 0) is 83.8 Å². The number of piperidine rings is 2. The van der Waals surface area contributed by atoms with Crippen LogP contribution in [0, 0.1) is 18.6 Å². The van der Waals surface area contributed by atoms with E-state index in [-0.39, 0.29) is 34.7 Å². The highest BCUT2D eigenvalue weighted by Gasteiger charge is 2.28. The van der Waals surface area contributed by atoms with Gasteiger partial charge in [0.05, 0.1) is 17.3 Å². The molecule has 11 heteroatoms. The van der Waals surface area contributed by atoms with Crippen LogP contribution in [0.4, 0.5) is 20.5 Å². The summed E-state index contributed by atoms with van der Waals surface area (Å²) in [4.78, 5) is 34.7. The highest BCUT2D eigenvalue weighted by molar-refractivity contribution is 5.94. The van der Waals surface area contributed by atoms with Crippen molar-refractivity contribution >= 4 is 28.7 Å². The van der Waals surface area contributed by atoms with Gasteiger partial charge in [0.1, 0.15) is 22.9 Å². The monoisotopic (exact) mass is 574 g/mol. The number of fused-ring (bicyclic) bond motifs is 1. The lowest BCUT2D eigenvalue weighted by Gasteiger charge is -2.40. The van der Waals surface area contributed by atoms with Crippen LogP contribution in [0.15, 0.2) is 36.7 Å². The highest BCUT2D eigenvalue weighted by Crippen LogP contribution is 2.30. The summed E-state index contributed by atoms with van der Waals surface area (Å²) in [7, 11) is 0. The largest absolute Gasteiger partial charge is 0.338 e. The normalized spacial score (nSPS) is 16.9. The van der Waals surface area contributed by atoms with Gasteiger partial charge >= 0.3 is 0 Å². The van der Waals surface area contributed by atoms with Crippen LogP contribution in [-0.4, -0.2) is 72.4 Å². The number of amides is 1. The van der Waals surface area contributed by atoms with Crippen molar-refractivity contribution in [1.29, 1.82) is 0 Å². The lowest BCUT2D eigenvalue weighted by Crippen LogP contribution is -2.48. The molecule has 0 aliphatic carbocycles. The third-order valence-electron chi connectivity index (χ3n) is 8.37. The molecule has 2 fully saturated rings. The molecule has 2 aliphatic heterocycles. The second-order valence-corrected chi connectivity index (χ2v) is 11.5. The molecule has 0 saturated carbocycles. The van der Waals surface area contributed by atoms with E-state index in [1.165, 1.54) is 44.6 Å². The third kappa shape index (κ3) is 5.57. The number of imidazole rings is 1. The first-order chi connectivity index (χ1) is 20.3. The Bertz CT molecular complexity index is 1590. The second kappa shape index (κ2) is 11.7. The number of aryl methyl sites for hydroxylation is 1. The summed E-state index contributed by atoms with van der Waals surface area (Å²) in [5.41, 5.74) is 1.56. The Labute approximate surface area is 244 Å². The van der Waals surface area contributed by atoms with Crippen molar-refractivity contribution in [3.63, 3.8) is 0 Å². The first-order valence-electron chi connectivity index (χ1n) is 14.8. The van der Waals surface area contributed by atoms with Crippen molar-refractivity contribution in [2.45, 2.75) is 65.0 Å². The number of carbonyl (C=O) groups is 1. The molecule has 1 N–H and O–H groups in total. The molecule has 0 atom stereocenters. The van der Waals surface area contributed by atoms with Gasteiger partial charge in [0, 0.05) is 36.9 Å². The number of benzene rings is 1. The molecule has 6 rings (SSSR count). The molecule has 42 heavy (non-hydrogen) atoms. The molecule has 0 spiro atoms. The van der Waals surface area contributed by atoms with Crippen molar-refractivity contribution in [2.75, 3.05) is 31.5 Å². The first kappa shape index (κ1) is 28.1. The molecule has 1 amide bonds. The van der Waals surface area contributed by atoms with Gasteiger partial charge in [-0.2, -0.15) is 0 Å². The zero-order chi connectivity index (χ0) is 29.4. The van der Waals surface area contributed by atoms with Crippen LogP contribution in [0.2, 0.25) is 0 Å². The standard InChI is InChI=1S/C31H36F2N8O/c1-19(2)41-20(3)36-29-24(32)15-22(16-26(29)41)28-25(33)18-35-31(38-28)37-27-8-7-21(17-34-27)30(42)40-13-9-23(10-14-40)39-11-5-4-6-12-39/h7-8,15-19,23H,4-6,9-14H2,1-3H3,(H,34,35,37,38). The molecule has 9 nitrogen and oxygen atoms in total. The number of nitrogens with zero attached hydrogens (tertiary/aromatic N) is 7. The van der Waals surface area contributed by atoms with E-state index in [2.05, 4.69) is 30.2 Å². The van der Waals surface area contributed by atoms with E-state index in [1.807, 2.05) is 30.2 Å². The summed E-state index contributed by atoms with van der Waals surface area (Å²) >= 11 is 0. The van der Waals surface area contributed by atoms with E-state index in [9.17, 15) is 9.18 Å². The first-order valence-corrected chi connectivity index (χ1v) is 14.8. The molecule has 5 heterocycles. The van der Waals surface area contributed by atoms with Crippen LogP contribution in [0.1, 0.15) is 68.2 Å². The molecule has 4 aromatic rings. The maximum atomic E-state index is 15.0. The minimum absolute atomic E-state index is 0.0280. The van der Waals surface area contributed by atoms with E-state index in [0.29, 0.717) is 28.8 Å². The van der Waals surface area contributed by atoms with E-state index in [1.54, 1.807) is 18.2 Å². The number of nitrogens with one attached hydrogen (secondary N) is 1. The summed E-state index contributed by atoms with van der Waals surface area (Å²) in [6, 6.07) is 6.95. The van der Waals surface area contributed by atoms with Crippen molar-refractivity contribution in [3.05, 3.63) is 59.7 Å². The predicted molar refractivity (Wildman–Crippen MR) is 158 cm³/mol. The number of carbonyl (C=O) groups excluding carboxylic acids is 1. The van der Waals surface area contributed by atoms with Crippen LogP contribution in [0.25, 0.3) is 22.3 Å². The zero-order valence-electron chi connectivity index (χ0n) is 24.3. The number of hydrogen-bond donors (Lipinski definition) is 1. The lowest BCUT2D eigenvalue weighted by molar-refractivity contribution is 0.0589. The maximum Gasteiger partial charge on any atom is 0.255 e. The minimum Gasteiger partial charge on any atom is -0.338 e. The van der Waals surface area contributed by atoms with Crippen molar-refractivity contribution < 1.29 is 13.6 Å². The fraction of sp³-hybridized carbons (Fsp3) is 0.452. The minimum atomic E-state index is -0.676. The van der Waals surface area contributed by atoms with Gasteiger partial charge < -0.3 is 19.7 Å². The summed E-state index contributed by atoms with van der Waals surface area (Å²) in [5.74, 6) is -0.0640. The molecule has 1 aromatic carbocycles. The Morgan fingerprint density at radius 1 is 0.952 bits per heavy atom. The summed E-state index contributed by atoms with van der Waals surface area (Å²) < 4.78 is 31.8. The van der Waals surface area contributed by atoms with Crippen LogP contribution in [0.5, 0.6) is 0 Å². The average molecular weight is 575 g/mol. The van der Waals surface area contributed by atoms with Crippen LogP contribution < -0.4 is 5.32 Å². The van der Waals surface area contributed by atoms with Crippen LogP contribution in [-0.2, 0) is 0 Å². The van der Waals surface area contributed by atoms with Gasteiger partial charge in [-0.1, -0.05) is 6.42 Å². The molecular formula is C31H36F2N8O. The second-order valence-electron chi connectivity index (χ2n) is 11.5. The molecule has 3 aromatic heterocycles. The van der Waals surface area contributed by atoms with Gasteiger partial charge in [-0.25, -0.2) is 28.7 Å². The van der Waals surface area contributed by atoms with E-state index >= 15 is 4.39 Å². The van der Waals surface area contributed by atoms with Gasteiger partial charge in [0.15, 0.2) is 11.6 Å². The Hall–Kier alpha value is -3.99. The number of aromatic nitrogens is 5. The fourth-order valence-corrected chi connectivity index (χ4v) is 6.30. The number of hydrogen-bond acceptors (Lipinski definition) is 7. The van der Waals surface area contributed by atoms with Crippen molar-refractivity contribution in [1.82, 2.24) is 34.3 Å². The Morgan fingerprint density at radius 3 is 2.40 bits per heavy atom. The molecule has 0 unspecified atom stereocenters. The molecule has 2 aliphatic rings. The van der Waals surface area contributed by atoms with Gasteiger partial charge in [-0.15, -0.1) is 0 Å². The Balaban J connectivity index is 1.15. The van der Waals surface area contributed by atoms with E-state index in [0.717, 1.165) is 32.1 Å². The van der Waals surface area contributed by atoms with Gasteiger partial charge in [0.25, 0.3) is 5.91 Å². The lowest BCUT2D eigenvalue weighted by atomic mass is 9.99. The van der Waals surface area contributed by atoms with Gasteiger partial charge in [-0.3, -0.25) is 4.79 Å². The number of rotatable bonds is 6. The van der Waals surface area contributed by atoms with Crippen molar-refractivity contribution in [3.8, 4) is 11.3 Å². The quantitative estimate of drug-likeness (QED) is 0.307. The SMILES string of the molecule is Cc1nc2c(F)cc(-c3nc(Nc4ccc(C(=O)N5CCC(N6CCCCC6)CC5)cn4)ncc3F)cc2n1C(C)C. The highest BCUT2D eigenvalue weighted by atomic mass is 19.1. The summed E-state index contributed by atoms with van der Waals surface area (Å²) in [5, 5.41) is 2.97. The van der Waals surface area contributed by atoms with Crippen molar-refractivity contribution in [2.24, 2.45) is 0 Å². The maximum absolute atomic E-state index is 15.0. The number of anilines is 2. The summed E-state index contributed by atoms with van der Waals surface area (Å²) in [6.07, 6.45) is 8.44. The van der Waals surface area contributed by atoms with Crippen LogP contribution >= 0.6 is 0 Å².